The van der Waals surface area contributed by atoms with Crippen molar-refractivity contribution in [2.45, 2.75) is 6.92 Å². The first kappa shape index (κ1) is 12.5. The van der Waals surface area contributed by atoms with Gasteiger partial charge >= 0.3 is 5.97 Å². The van der Waals surface area contributed by atoms with Gasteiger partial charge in [0.25, 0.3) is 0 Å². The molecular weight excluding hydrogens is 257 g/mol. The Morgan fingerprint density at radius 1 is 1.50 bits per heavy atom. The van der Waals surface area contributed by atoms with Gasteiger partial charge in [-0.3, -0.25) is 0 Å². The molecule has 0 fully saturated rings. The van der Waals surface area contributed by atoms with E-state index in [1.807, 2.05) is 0 Å². The molecule has 0 aliphatic carbocycles. The number of carboxylic acid groups (broad SMARTS) is 1. The zero-order valence-electron chi connectivity index (χ0n) is 9.73. The summed E-state index contributed by atoms with van der Waals surface area (Å²) in [7, 11) is 1.45. The Morgan fingerprint density at radius 2 is 2.22 bits per heavy atom. The molecule has 18 heavy (non-hydrogen) atoms. The van der Waals surface area contributed by atoms with Crippen molar-refractivity contribution in [2.75, 3.05) is 7.11 Å². The van der Waals surface area contributed by atoms with Crippen LogP contribution in [0.4, 0.5) is 4.39 Å². The third-order valence-corrected chi connectivity index (χ3v) is 3.35. The highest BCUT2D eigenvalue weighted by molar-refractivity contribution is 7.15. The fraction of sp³-hybridized carbons (Fsp3) is 0.167. The van der Waals surface area contributed by atoms with Gasteiger partial charge in [-0.2, -0.15) is 0 Å². The summed E-state index contributed by atoms with van der Waals surface area (Å²) in [5.74, 6) is -1.17. The summed E-state index contributed by atoms with van der Waals surface area (Å²) in [5.41, 5.74) is 0.321. The molecule has 1 aromatic heterocycles. The van der Waals surface area contributed by atoms with Gasteiger partial charge in [0.05, 0.1) is 17.0 Å². The molecule has 0 aliphatic heterocycles. The molecule has 0 atom stereocenters. The van der Waals surface area contributed by atoms with Crippen molar-refractivity contribution < 1.29 is 19.0 Å². The Labute approximate surface area is 107 Å². The molecule has 2 aromatic rings. The number of carboxylic acids is 1. The van der Waals surface area contributed by atoms with Crippen molar-refractivity contribution in [2.24, 2.45) is 0 Å². The van der Waals surface area contributed by atoms with Crippen LogP contribution in [-0.2, 0) is 0 Å². The molecular formula is C12H10FNO3S. The number of rotatable bonds is 3. The Morgan fingerprint density at radius 3 is 2.83 bits per heavy atom. The van der Waals surface area contributed by atoms with Crippen molar-refractivity contribution in [1.82, 2.24) is 4.98 Å². The Kier molecular flexibility index (Phi) is 3.29. The average Bonchev–Trinajstić information content (AvgIpc) is 2.71. The van der Waals surface area contributed by atoms with Crippen LogP contribution in [0.1, 0.15) is 15.5 Å². The maximum absolute atomic E-state index is 13.3. The van der Waals surface area contributed by atoms with Crippen LogP contribution in [-0.4, -0.2) is 23.2 Å². The molecule has 4 nitrogen and oxygen atoms in total. The second-order valence-electron chi connectivity index (χ2n) is 3.56. The quantitative estimate of drug-likeness (QED) is 0.928. The Balaban J connectivity index is 2.68. The van der Waals surface area contributed by atoms with Crippen molar-refractivity contribution in [1.29, 1.82) is 0 Å². The largest absolute Gasteiger partial charge is 0.496 e. The van der Waals surface area contributed by atoms with Crippen LogP contribution >= 0.6 is 11.3 Å². The molecule has 6 heteroatoms. The van der Waals surface area contributed by atoms with Crippen LogP contribution < -0.4 is 4.74 Å². The third-order valence-electron chi connectivity index (χ3n) is 2.34. The fourth-order valence-electron chi connectivity index (χ4n) is 1.61. The molecule has 0 aliphatic rings. The number of nitrogens with zero attached hydrogens (tertiary/aromatic N) is 1. The van der Waals surface area contributed by atoms with Crippen LogP contribution in [0.2, 0.25) is 0 Å². The predicted molar refractivity (Wildman–Crippen MR) is 65.8 cm³/mol. The molecule has 0 saturated heterocycles. The van der Waals surface area contributed by atoms with E-state index in [1.54, 1.807) is 6.92 Å². The van der Waals surface area contributed by atoms with E-state index in [0.29, 0.717) is 21.2 Å². The maximum atomic E-state index is 13.3. The lowest BCUT2D eigenvalue weighted by molar-refractivity contribution is 0.0692. The second-order valence-corrected chi connectivity index (χ2v) is 4.76. The molecule has 0 amide bonds. The SMILES string of the molecule is COc1ccc(F)cc1-c1sc(C)nc1C(=O)O. The molecule has 1 aromatic carbocycles. The van der Waals surface area contributed by atoms with E-state index < -0.39 is 11.8 Å². The van der Waals surface area contributed by atoms with E-state index in [2.05, 4.69) is 4.98 Å². The van der Waals surface area contributed by atoms with Crippen molar-refractivity contribution >= 4 is 17.3 Å². The van der Waals surface area contributed by atoms with Gasteiger partial charge in [0.15, 0.2) is 5.69 Å². The molecule has 0 unspecified atom stereocenters. The van der Waals surface area contributed by atoms with Crippen LogP contribution in [0, 0.1) is 12.7 Å². The number of benzene rings is 1. The number of aromatic nitrogens is 1. The number of carbonyl (C=O) groups is 1. The van der Waals surface area contributed by atoms with E-state index in [4.69, 9.17) is 9.84 Å². The van der Waals surface area contributed by atoms with Gasteiger partial charge in [-0.05, 0) is 25.1 Å². The fourth-order valence-corrected chi connectivity index (χ4v) is 2.54. The summed E-state index contributed by atoms with van der Waals surface area (Å²) in [6, 6.07) is 3.97. The highest BCUT2D eigenvalue weighted by atomic mass is 32.1. The van der Waals surface area contributed by atoms with E-state index in [9.17, 15) is 9.18 Å². The van der Waals surface area contributed by atoms with Crippen LogP contribution in [0.5, 0.6) is 5.75 Å². The molecule has 0 saturated carbocycles. The number of halogens is 1. The predicted octanol–water partition coefficient (Wildman–Crippen LogP) is 2.96. The smallest absolute Gasteiger partial charge is 0.356 e. The molecule has 94 valence electrons. The lowest BCUT2D eigenvalue weighted by Crippen LogP contribution is -1.99. The second kappa shape index (κ2) is 4.73. The number of aromatic carboxylic acids is 1. The summed E-state index contributed by atoms with van der Waals surface area (Å²) < 4.78 is 18.4. The minimum absolute atomic E-state index is 0.0820. The lowest BCUT2D eigenvalue weighted by Gasteiger charge is -2.07. The van der Waals surface area contributed by atoms with Crippen LogP contribution in [0.25, 0.3) is 10.4 Å². The van der Waals surface area contributed by atoms with Gasteiger partial charge in [0.2, 0.25) is 0 Å². The van der Waals surface area contributed by atoms with Crippen molar-refractivity contribution in [3.63, 3.8) is 0 Å². The van der Waals surface area contributed by atoms with E-state index in [1.165, 1.54) is 36.6 Å². The van der Waals surface area contributed by atoms with Gasteiger partial charge in [-0.25, -0.2) is 14.2 Å². The number of thiazole rings is 1. The minimum Gasteiger partial charge on any atom is -0.496 e. The summed E-state index contributed by atoms with van der Waals surface area (Å²) in [5, 5.41) is 9.69. The summed E-state index contributed by atoms with van der Waals surface area (Å²) in [6.45, 7) is 1.70. The summed E-state index contributed by atoms with van der Waals surface area (Å²) >= 11 is 1.20. The third kappa shape index (κ3) is 2.19. The highest BCUT2D eigenvalue weighted by Gasteiger charge is 2.20. The molecule has 0 spiro atoms. The maximum Gasteiger partial charge on any atom is 0.356 e. The minimum atomic E-state index is -1.14. The van der Waals surface area contributed by atoms with Gasteiger partial charge in [-0.1, -0.05) is 0 Å². The van der Waals surface area contributed by atoms with Crippen LogP contribution in [0.15, 0.2) is 18.2 Å². The van der Waals surface area contributed by atoms with Crippen molar-refractivity contribution in [3.05, 3.63) is 34.7 Å². The normalized spacial score (nSPS) is 10.4. The number of ether oxygens (including phenoxy) is 1. The molecule has 0 bridgehead atoms. The number of hydrogen-bond acceptors (Lipinski definition) is 4. The van der Waals surface area contributed by atoms with Gasteiger partial charge < -0.3 is 9.84 Å². The standard InChI is InChI=1S/C12H10FNO3S/c1-6-14-10(12(15)16)11(18-6)8-5-7(13)3-4-9(8)17-2/h3-5H,1-2H3,(H,15,16). The van der Waals surface area contributed by atoms with Gasteiger partial charge in [0.1, 0.15) is 11.6 Å². The molecule has 1 N–H and O–H groups in total. The van der Waals surface area contributed by atoms with Crippen molar-refractivity contribution in [3.8, 4) is 16.2 Å². The first-order valence-corrected chi connectivity index (χ1v) is 5.89. The van der Waals surface area contributed by atoms with E-state index >= 15 is 0 Å². The zero-order chi connectivity index (χ0) is 13.3. The van der Waals surface area contributed by atoms with E-state index in [0.717, 1.165) is 0 Å². The zero-order valence-corrected chi connectivity index (χ0v) is 10.5. The number of methoxy groups -OCH3 is 1. The summed E-state index contributed by atoms with van der Waals surface area (Å²) in [6.07, 6.45) is 0. The topological polar surface area (TPSA) is 59.4 Å². The molecule has 2 rings (SSSR count). The van der Waals surface area contributed by atoms with E-state index in [-0.39, 0.29) is 5.69 Å². The lowest BCUT2D eigenvalue weighted by atomic mass is 10.1. The number of hydrogen-bond donors (Lipinski definition) is 1. The first-order valence-electron chi connectivity index (χ1n) is 5.07. The monoisotopic (exact) mass is 267 g/mol. The van der Waals surface area contributed by atoms with Crippen LogP contribution in [0.3, 0.4) is 0 Å². The average molecular weight is 267 g/mol. The number of aryl methyl sites for hydroxylation is 1. The first-order chi connectivity index (χ1) is 8.52. The molecule has 1 heterocycles. The van der Waals surface area contributed by atoms with Gasteiger partial charge in [-0.15, -0.1) is 11.3 Å². The highest BCUT2D eigenvalue weighted by Crippen LogP contribution is 2.37. The Hall–Kier alpha value is -1.95. The summed E-state index contributed by atoms with van der Waals surface area (Å²) in [4.78, 5) is 15.4. The van der Waals surface area contributed by atoms with Gasteiger partial charge in [0, 0.05) is 5.56 Å². The molecule has 0 radical (unpaired) electrons. The Bertz CT molecular complexity index is 609.